The first kappa shape index (κ1) is 16.3. The van der Waals surface area contributed by atoms with E-state index >= 15 is 0 Å². The monoisotopic (exact) mass is 329 g/mol. The Labute approximate surface area is 139 Å². The molecule has 0 bridgehead atoms. The van der Waals surface area contributed by atoms with Crippen molar-refractivity contribution in [3.8, 4) is 0 Å². The summed E-state index contributed by atoms with van der Waals surface area (Å²) in [5.41, 5.74) is 2.07. The van der Waals surface area contributed by atoms with E-state index in [9.17, 15) is 9.59 Å². The average Bonchev–Trinajstić information content (AvgIpc) is 3.19. The van der Waals surface area contributed by atoms with Crippen molar-refractivity contribution in [3.05, 3.63) is 46.6 Å². The molecule has 0 radical (unpaired) electrons. The van der Waals surface area contributed by atoms with E-state index in [0.717, 1.165) is 5.56 Å². The zero-order chi connectivity index (χ0) is 17.1. The standard InChI is InChI=1S/C17H19N3O4/c1-20(10-16-18-15(19-24-16)8-9-23-2)17(22)13-5-3-4-12-11(13)6-7-14(12)21/h3-5H,6-10H2,1-2H3. The smallest absolute Gasteiger partial charge is 0.254 e. The lowest BCUT2D eigenvalue weighted by atomic mass is 10.0. The van der Waals surface area contributed by atoms with Crippen molar-refractivity contribution in [2.75, 3.05) is 20.8 Å². The maximum Gasteiger partial charge on any atom is 0.254 e. The summed E-state index contributed by atoms with van der Waals surface area (Å²) in [5.74, 6) is 0.875. The van der Waals surface area contributed by atoms with E-state index < -0.39 is 0 Å². The van der Waals surface area contributed by atoms with Gasteiger partial charge in [-0.05, 0) is 18.1 Å². The Morgan fingerprint density at radius 2 is 2.21 bits per heavy atom. The summed E-state index contributed by atoms with van der Waals surface area (Å²) < 4.78 is 10.1. The number of benzene rings is 1. The number of fused-ring (bicyclic) bond motifs is 1. The molecule has 0 atom stereocenters. The Bertz CT molecular complexity index is 769. The largest absolute Gasteiger partial charge is 0.384 e. The number of ketones is 1. The number of carbonyl (C=O) groups excluding carboxylic acids is 2. The highest BCUT2D eigenvalue weighted by Gasteiger charge is 2.26. The molecule has 24 heavy (non-hydrogen) atoms. The Morgan fingerprint density at radius 3 is 3.00 bits per heavy atom. The third kappa shape index (κ3) is 3.21. The van der Waals surface area contributed by atoms with Crippen LogP contribution < -0.4 is 0 Å². The molecule has 3 rings (SSSR count). The number of Topliss-reactive ketones (excluding diaryl/α,β-unsaturated/α-hetero) is 1. The van der Waals surface area contributed by atoms with E-state index in [-0.39, 0.29) is 18.2 Å². The molecule has 1 amide bonds. The third-order valence-corrected chi connectivity index (χ3v) is 4.07. The first-order chi connectivity index (χ1) is 11.6. The number of hydrogen-bond donors (Lipinski definition) is 0. The second kappa shape index (κ2) is 6.92. The normalized spacial score (nSPS) is 13.2. The van der Waals surface area contributed by atoms with Crippen LogP contribution in [0.1, 0.15) is 44.4 Å². The number of rotatable bonds is 6. The summed E-state index contributed by atoms with van der Waals surface area (Å²) in [5, 5.41) is 3.86. The van der Waals surface area contributed by atoms with Crippen LogP contribution in [-0.4, -0.2) is 47.5 Å². The van der Waals surface area contributed by atoms with Crippen molar-refractivity contribution < 1.29 is 18.8 Å². The van der Waals surface area contributed by atoms with Gasteiger partial charge < -0.3 is 14.2 Å². The van der Waals surface area contributed by atoms with Crippen LogP contribution >= 0.6 is 0 Å². The van der Waals surface area contributed by atoms with Crippen LogP contribution in [0, 0.1) is 0 Å². The molecule has 0 spiro atoms. The second-order valence-corrected chi connectivity index (χ2v) is 5.76. The lowest BCUT2D eigenvalue weighted by molar-refractivity contribution is 0.0768. The van der Waals surface area contributed by atoms with Crippen LogP contribution in [0.4, 0.5) is 0 Å². The summed E-state index contributed by atoms with van der Waals surface area (Å²) in [6.45, 7) is 0.731. The topological polar surface area (TPSA) is 85.5 Å². The van der Waals surface area contributed by atoms with Gasteiger partial charge in [0, 0.05) is 38.1 Å². The Balaban J connectivity index is 1.72. The number of hydrogen-bond acceptors (Lipinski definition) is 6. The molecule has 7 heteroatoms. The lowest BCUT2D eigenvalue weighted by Crippen LogP contribution is -2.27. The zero-order valence-corrected chi connectivity index (χ0v) is 13.7. The minimum Gasteiger partial charge on any atom is -0.384 e. The van der Waals surface area contributed by atoms with Crippen molar-refractivity contribution in [1.82, 2.24) is 15.0 Å². The van der Waals surface area contributed by atoms with Gasteiger partial charge in [-0.15, -0.1) is 0 Å². The summed E-state index contributed by atoms with van der Waals surface area (Å²) >= 11 is 0. The van der Waals surface area contributed by atoms with E-state index in [4.69, 9.17) is 9.26 Å². The van der Waals surface area contributed by atoms with Crippen molar-refractivity contribution in [1.29, 1.82) is 0 Å². The molecule has 0 N–H and O–H groups in total. The number of ether oxygens (including phenoxy) is 1. The van der Waals surface area contributed by atoms with Crippen molar-refractivity contribution >= 4 is 11.7 Å². The molecule has 2 aromatic rings. The maximum absolute atomic E-state index is 12.7. The van der Waals surface area contributed by atoms with Gasteiger partial charge in [0.05, 0.1) is 13.2 Å². The van der Waals surface area contributed by atoms with E-state index in [0.29, 0.717) is 48.7 Å². The molecular weight excluding hydrogens is 310 g/mol. The highest BCUT2D eigenvalue weighted by Crippen LogP contribution is 2.26. The molecule has 1 aliphatic carbocycles. The Kier molecular flexibility index (Phi) is 4.71. The van der Waals surface area contributed by atoms with Crippen LogP contribution in [-0.2, 0) is 24.1 Å². The number of amides is 1. The molecule has 1 aromatic carbocycles. The summed E-state index contributed by atoms with van der Waals surface area (Å²) in [7, 11) is 3.29. The van der Waals surface area contributed by atoms with Gasteiger partial charge in [0.15, 0.2) is 11.6 Å². The summed E-state index contributed by atoms with van der Waals surface area (Å²) in [6, 6.07) is 5.29. The SMILES string of the molecule is COCCc1noc(CN(C)C(=O)c2cccc3c2CCC3=O)n1. The molecule has 126 valence electrons. The fourth-order valence-electron chi connectivity index (χ4n) is 2.82. The molecule has 1 heterocycles. The lowest BCUT2D eigenvalue weighted by Gasteiger charge is -2.16. The predicted octanol–water partition coefficient (Wildman–Crippen LogP) is 1.66. The van der Waals surface area contributed by atoms with Crippen LogP contribution in [0.25, 0.3) is 0 Å². The minimum atomic E-state index is -0.154. The van der Waals surface area contributed by atoms with Crippen molar-refractivity contribution in [2.24, 2.45) is 0 Å². The van der Waals surface area contributed by atoms with Crippen molar-refractivity contribution in [2.45, 2.75) is 25.8 Å². The molecule has 1 aromatic heterocycles. The van der Waals surface area contributed by atoms with E-state index in [2.05, 4.69) is 10.1 Å². The Hall–Kier alpha value is -2.54. The van der Waals surface area contributed by atoms with Gasteiger partial charge in [0.2, 0.25) is 5.89 Å². The van der Waals surface area contributed by atoms with Gasteiger partial charge in [0.1, 0.15) is 0 Å². The molecule has 0 aliphatic heterocycles. The van der Waals surface area contributed by atoms with Gasteiger partial charge in [-0.2, -0.15) is 4.98 Å². The van der Waals surface area contributed by atoms with Crippen LogP contribution in [0.2, 0.25) is 0 Å². The molecular formula is C17H19N3O4. The van der Waals surface area contributed by atoms with Crippen molar-refractivity contribution in [3.63, 3.8) is 0 Å². The first-order valence-corrected chi connectivity index (χ1v) is 7.81. The molecule has 0 saturated heterocycles. The van der Waals surface area contributed by atoms with Gasteiger partial charge in [-0.1, -0.05) is 17.3 Å². The molecule has 7 nitrogen and oxygen atoms in total. The summed E-state index contributed by atoms with van der Waals surface area (Å²) in [4.78, 5) is 30.3. The molecule has 0 unspecified atom stereocenters. The van der Waals surface area contributed by atoms with Gasteiger partial charge in [0.25, 0.3) is 5.91 Å². The van der Waals surface area contributed by atoms with Gasteiger partial charge in [-0.25, -0.2) is 0 Å². The predicted molar refractivity (Wildman–Crippen MR) is 84.8 cm³/mol. The fraction of sp³-hybridized carbons (Fsp3) is 0.412. The van der Waals surface area contributed by atoms with E-state index in [1.54, 1.807) is 32.4 Å². The zero-order valence-electron chi connectivity index (χ0n) is 13.7. The molecule has 0 fully saturated rings. The van der Waals surface area contributed by atoms with Gasteiger partial charge >= 0.3 is 0 Å². The number of aromatic nitrogens is 2. The van der Waals surface area contributed by atoms with E-state index in [1.165, 1.54) is 4.90 Å². The maximum atomic E-state index is 12.7. The number of nitrogens with zero attached hydrogens (tertiary/aromatic N) is 3. The average molecular weight is 329 g/mol. The highest BCUT2D eigenvalue weighted by atomic mass is 16.5. The first-order valence-electron chi connectivity index (χ1n) is 7.81. The molecule has 1 aliphatic rings. The highest BCUT2D eigenvalue weighted by molar-refractivity contribution is 6.05. The number of methoxy groups -OCH3 is 1. The molecule has 0 saturated carbocycles. The Morgan fingerprint density at radius 1 is 1.38 bits per heavy atom. The number of carbonyl (C=O) groups is 2. The quantitative estimate of drug-likeness (QED) is 0.801. The summed E-state index contributed by atoms with van der Waals surface area (Å²) in [6.07, 6.45) is 1.65. The van der Waals surface area contributed by atoms with E-state index in [1.807, 2.05) is 0 Å². The van der Waals surface area contributed by atoms with Crippen LogP contribution in [0.5, 0.6) is 0 Å². The second-order valence-electron chi connectivity index (χ2n) is 5.76. The fourth-order valence-corrected chi connectivity index (χ4v) is 2.82. The van der Waals surface area contributed by atoms with Crippen LogP contribution in [0.3, 0.4) is 0 Å². The van der Waals surface area contributed by atoms with Crippen LogP contribution in [0.15, 0.2) is 22.7 Å². The third-order valence-electron chi connectivity index (χ3n) is 4.07. The van der Waals surface area contributed by atoms with Gasteiger partial charge in [-0.3, -0.25) is 9.59 Å². The minimum absolute atomic E-state index is 0.0991.